The van der Waals surface area contributed by atoms with Crippen LogP contribution in [0.15, 0.2) is 60.7 Å². The summed E-state index contributed by atoms with van der Waals surface area (Å²) in [4.78, 5) is 0. The zero-order valence-electron chi connectivity index (χ0n) is 18.5. The van der Waals surface area contributed by atoms with Crippen LogP contribution in [0.1, 0.15) is 57.6 Å². The van der Waals surface area contributed by atoms with E-state index < -0.39 is 0 Å². The lowest BCUT2D eigenvalue weighted by Crippen LogP contribution is -2.54. The average Bonchev–Trinajstić information content (AvgIpc) is 2.77. The number of thiol groups is 4. The quantitative estimate of drug-likeness (QED) is 0.232. The Balaban J connectivity index is 2.93. The maximum absolute atomic E-state index is 5.35. The molecule has 2 aromatic rings. The molecule has 0 saturated heterocycles. The van der Waals surface area contributed by atoms with Gasteiger partial charge < -0.3 is 0 Å². The summed E-state index contributed by atoms with van der Waals surface area (Å²) >= 11 is 19.4. The van der Waals surface area contributed by atoms with Crippen molar-refractivity contribution in [3.8, 4) is 0 Å². The van der Waals surface area contributed by atoms with Gasteiger partial charge in [0.15, 0.2) is 0 Å². The van der Waals surface area contributed by atoms with Crippen LogP contribution in [0.25, 0.3) is 0 Å². The molecule has 4 heteroatoms. The van der Waals surface area contributed by atoms with Crippen LogP contribution in [0.5, 0.6) is 0 Å². The van der Waals surface area contributed by atoms with Gasteiger partial charge in [-0.3, -0.25) is 0 Å². The summed E-state index contributed by atoms with van der Waals surface area (Å²) < 4.78 is 0. The first-order chi connectivity index (χ1) is 14.2. The third-order valence-corrected chi connectivity index (χ3v) is 9.21. The van der Waals surface area contributed by atoms with Crippen molar-refractivity contribution in [2.45, 2.75) is 51.9 Å². The predicted octanol–water partition coefficient (Wildman–Crippen LogP) is 7.95. The number of hydrogen-bond donors (Lipinski definition) is 4. The van der Waals surface area contributed by atoms with Crippen molar-refractivity contribution in [2.75, 3.05) is 11.5 Å². The molecule has 0 fully saturated rings. The fraction of sp³-hybridized carbons (Fsp3) is 0.462. The smallest absolute Gasteiger partial charge is 0.0454 e. The molecule has 0 aliphatic heterocycles. The lowest BCUT2D eigenvalue weighted by molar-refractivity contribution is 0.141. The molecule has 0 amide bonds. The Bertz CT molecular complexity index is 757. The van der Waals surface area contributed by atoms with E-state index in [1.165, 1.54) is 16.4 Å². The van der Waals surface area contributed by atoms with Crippen molar-refractivity contribution < 1.29 is 0 Å². The van der Waals surface area contributed by atoms with Gasteiger partial charge in [0.1, 0.15) is 0 Å². The van der Waals surface area contributed by atoms with Gasteiger partial charge in [0.2, 0.25) is 0 Å². The Morgan fingerprint density at radius 3 is 1.87 bits per heavy atom. The van der Waals surface area contributed by atoms with Gasteiger partial charge in [-0.15, -0.1) is 0 Å². The van der Waals surface area contributed by atoms with Crippen molar-refractivity contribution >= 4 is 50.5 Å². The molecular formula is C26H36S4. The maximum atomic E-state index is 5.35. The monoisotopic (exact) mass is 476 g/mol. The molecule has 0 bridgehead atoms. The van der Waals surface area contributed by atoms with Gasteiger partial charge in [0.05, 0.1) is 0 Å². The number of hydrogen-bond acceptors (Lipinski definition) is 4. The van der Waals surface area contributed by atoms with E-state index in [9.17, 15) is 0 Å². The van der Waals surface area contributed by atoms with Crippen LogP contribution in [-0.4, -0.2) is 11.5 Å². The van der Waals surface area contributed by atoms with E-state index in [0.717, 1.165) is 24.3 Å². The van der Waals surface area contributed by atoms with Crippen molar-refractivity contribution in [3.05, 3.63) is 82.8 Å². The van der Waals surface area contributed by atoms with Crippen LogP contribution in [0.2, 0.25) is 0 Å². The Labute approximate surface area is 206 Å². The van der Waals surface area contributed by atoms with Crippen LogP contribution >= 0.6 is 50.5 Å². The highest BCUT2D eigenvalue weighted by Crippen LogP contribution is 2.63. The zero-order chi connectivity index (χ0) is 22.4. The summed E-state index contributed by atoms with van der Waals surface area (Å²) in [5.74, 6) is 3.66. The fourth-order valence-electron chi connectivity index (χ4n) is 4.68. The molecule has 0 spiro atoms. The second-order valence-corrected chi connectivity index (χ2v) is 10.8. The van der Waals surface area contributed by atoms with Gasteiger partial charge in [-0.25, -0.2) is 0 Å². The Hall–Kier alpha value is -0.160. The molecule has 2 atom stereocenters. The molecule has 2 radical (unpaired) electrons. The second kappa shape index (κ2) is 11.1. The molecule has 2 aromatic carbocycles. The predicted molar refractivity (Wildman–Crippen MR) is 147 cm³/mol. The van der Waals surface area contributed by atoms with Crippen LogP contribution in [-0.2, 0) is 5.41 Å². The van der Waals surface area contributed by atoms with E-state index in [-0.39, 0.29) is 22.2 Å². The van der Waals surface area contributed by atoms with Gasteiger partial charge in [-0.05, 0) is 52.2 Å². The largest absolute Gasteiger partial charge is 0.179 e. The first kappa shape index (κ1) is 26.1. The molecule has 164 valence electrons. The normalized spacial score (nSPS) is 15.8. The third kappa shape index (κ3) is 5.08. The SMILES string of the molecule is CC(C)(CS)[C](S)C(c1ccccc1)(C(CC[CH]S)c1ccccc1)C(C)(C)CS. The van der Waals surface area contributed by atoms with Crippen LogP contribution in [0.4, 0.5) is 0 Å². The van der Waals surface area contributed by atoms with Crippen LogP contribution < -0.4 is 0 Å². The Kier molecular flexibility index (Phi) is 9.67. The van der Waals surface area contributed by atoms with Gasteiger partial charge in [-0.1, -0.05) is 88.4 Å². The zero-order valence-corrected chi connectivity index (χ0v) is 22.1. The molecule has 0 saturated carbocycles. The third-order valence-electron chi connectivity index (χ3n) is 6.41. The average molecular weight is 477 g/mol. The molecule has 0 N–H and O–H groups in total. The summed E-state index contributed by atoms with van der Waals surface area (Å²) in [6, 6.07) is 21.8. The van der Waals surface area contributed by atoms with E-state index in [4.69, 9.17) is 37.9 Å². The first-order valence-electron chi connectivity index (χ1n) is 10.5. The van der Waals surface area contributed by atoms with Crippen molar-refractivity contribution in [2.24, 2.45) is 10.8 Å². The second-order valence-electron chi connectivity index (χ2n) is 9.33. The minimum Gasteiger partial charge on any atom is -0.179 e. The summed E-state index contributed by atoms with van der Waals surface area (Å²) in [6.45, 7) is 9.17. The van der Waals surface area contributed by atoms with Gasteiger partial charge in [0, 0.05) is 16.4 Å². The highest BCUT2D eigenvalue weighted by atomic mass is 32.1. The summed E-state index contributed by atoms with van der Waals surface area (Å²) in [7, 11) is 0. The summed E-state index contributed by atoms with van der Waals surface area (Å²) in [6.07, 6.45) is 1.90. The molecule has 0 aliphatic rings. The lowest BCUT2D eigenvalue weighted by Gasteiger charge is -2.58. The summed E-state index contributed by atoms with van der Waals surface area (Å²) in [5, 5.41) is 1.17. The van der Waals surface area contributed by atoms with Crippen LogP contribution in [0, 0.1) is 21.8 Å². The van der Waals surface area contributed by atoms with E-state index in [1.807, 2.05) is 5.75 Å². The van der Waals surface area contributed by atoms with Crippen molar-refractivity contribution in [1.82, 2.24) is 0 Å². The Morgan fingerprint density at radius 1 is 0.867 bits per heavy atom. The highest BCUT2D eigenvalue weighted by molar-refractivity contribution is 7.84. The van der Waals surface area contributed by atoms with E-state index in [0.29, 0.717) is 0 Å². The van der Waals surface area contributed by atoms with E-state index >= 15 is 0 Å². The lowest BCUT2D eigenvalue weighted by atomic mass is 9.49. The Morgan fingerprint density at radius 2 is 1.40 bits per heavy atom. The van der Waals surface area contributed by atoms with Gasteiger partial charge in [-0.2, -0.15) is 50.5 Å². The highest BCUT2D eigenvalue weighted by Gasteiger charge is 2.58. The minimum atomic E-state index is -0.344. The van der Waals surface area contributed by atoms with Crippen molar-refractivity contribution in [1.29, 1.82) is 0 Å². The topological polar surface area (TPSA) is 0 Å². The molecule has 30 heavy (non-hydrogen) atoms. The number of rotatable bonds is 11. The standard InChI is InChI=1S/C26H36S4/c1-24(2,18-28)23(30)26(25(3,4)19-29,21-14-9-6-10-15-21)22(16-11-17-27)20-12-7-5-8-13-20/h5-10,12-15,17,22,27-30H,11,16,18-19H2,1-4H3. The fourth-order valence-corrected chi connectivity index (χ4v) is 6.03. The van der Waals surface area contributed by atoms with E-state index in [1.54, 1.807) is 0 Å². The molecule has 2 unspecified atom stereocenters. The maximum Gasteiger partial charge on any atom is 0.0454 e. The molecule has 0 aliphatic carbocycles. The van der Waals surface area contributed by atoms with Crippen LogP contribution in [0.3, 0.4) is 0 Å². The molecule has 0 nitrogen and oxygen atoms in total. The first-order valence-corrected chi connectivity index (χ1v) is 12.8. The van der Waals surface area contributed by atoms with Gasteiger partial charge >= 0.3 is 0 Å². The minimum absolute atomic E-state index is 0.161. The summed E-state index contributed by atoms with van der Waals surface area (Å²) in [5.41, 5.74) is 1.94. The molecular weight excluding hydrogens is 441 g/mol. The molecule has 0 aromatic heterocycles. The number of benzene rings is 2. The molecule has 0 heterocycles. The van der Waals surface area contributed by atoms with Gasteiger partial charge in [0.25, 0.3) is 0 Å². The van der Waals surface area contributed by atoms with Crippen molar-refractivity contribution in [3.63, 3.8) is 0 Å². The van der Waals surface area contributed by atoms with E-state index in [2.05, 4.69) is 101 Å². The molecule has 2 rings (SSSR count).